The van der Waals surface area contributed by atoms with Crippen LogP contribution in [-0.2, 0) is 25.5 Å². The predicted molar refractivity (Wildman–Crippen MR) is 90.9 cm³/mol. The zero-order valence-electron chi connectivity index (χ0n) is 13.6. The van der Waals surface area contributed by atoms with Gasteiger partial charge in [0.1, 0.15) is 0 Å². The maximum atomic E-state index is 12.2. The fourth-order valence-electron chi connectivity index (χ4n) is 1.99. The molecule has 24 heavy (non-hydrogen) atoms. The molecule has 0 bridgehead atoms. The molecule has 0 heterocycles. The lowest BCUT2D eigenvalue weighted by Crippen LogP contribution is -2.29. The maximum absolute atomic E-state index is 12.2. The molecule has 0 radical (unpaired) electrons. The SMILES string of the molecule is CCc1c(Cl)ccc(C(OC(C)=O)=C(C(=O)O)C(=O)N(C)C)c1Cl. The van der Waals surface area contributed by atoms with Crippen LogP contribution >= 0.6 is 23.2 Å². The van der Waals surface area contributed by atoms with Crippen molar-refractivity contribution in [2.75, 3.05) is 14.1 Å². The second-order valence-electron chi connectivity index (χ2n) is 5.04. The van der Waals surface area contributed by atoms with Gasteiger partial charge in [0.15, 0.2) is 11.3 Å². The summed E-state index contributed by atoms with van der Waals surface area (Å²) in [6, 6.07) is 2.92. The predicted octanol–water partition coefficient (Wildman–Crippen LogP) is 3.00. The normalized spacial score (nSPS) is 11.6. The standard InChI is InChI=1S/C16H17Cl2NO5/c1-5-9-11(17)7-6-10(13(9)18)14(24-8(2)20)12(16(22)23)15(21)19(3)4/h6-7H,5H2,1-4H3,(H,22,23). The number of hydrogen-bond acceptors (Lipinski definition) is 4. The lowest BCUT2D eigenvalue weighted by atomic mass is 10.0. The highest BCUT2D eigenvalue weighted by atomic mass is 35.5. The summed E-state index contributed by atoms with van der Waals surface area (Å²) in [7, 11) is 2.77. The molecule has 0 saturated heterocycles. The number of ether oxygens (including phenoxy) is 1. The van der Waals surface area contributed by atoms with E-state index < -0.39 is 29.2 Å². The lowest BCUT2D eigenvalue weighted by Gasteiger charge is -2.17. The Labute approximate surface area is 149 Å². The van der Waals surface area contributed by atoms with Crippen molar-refractivity contribution < 1.29 is 24.2 Å². The van der Waals surface area contributed by atoms with Crippen molar-refractivity contribution in [2.24, 2.45) is 0 Å². The van der Waals surface area contributed by atoms with E-state index in [1.807, 2.05) is 6.92 Å². The molecule has 0 aromatic heterocycles. The average molecular weight is 374 g/mol. The number of carbonyl (C=O) groups excluding carboxylic acids is 2. The fraction of sp³-hybridized carbons (Fsp3) is 0.312. The molecule has 0 aliphatic heterocycles. The van der Waals surface area contributed by atoms with Crippen molar-refractivity contribution >= 4 is 46.8 Å². The first-order valence-corrected chi connectivity index (χ1v) is 7.72. The van der Waals surface area contributed by atoms with Crippen molar-refractivity contribution in [3.05, 3.63) is 38.9 Å². The van der Waals surface area contributed by atoms with E-state index in [0.717, 1.165) is 11.8 Å². The molecule has 0 aliphatic rings. The summed E-state index contributed by atoms with van der Waals surface area (Å²) in [5, 5.41) is 9.97. The summed E-state index contributed by atoms with van der Waals surface area (Å²) in [5.74, 6) is -3.55. The average Bonchev–Trinajstić information content (AvgIpc) is 2.46. The summed E-state index contributed by atoms with van der Waals surface area (Å²) >= 11 is 12.4. The van der Waals surface area contributed by atoms with Gasteiger partial charge in [0, 0.05) is 31.6 Å². The molecular weight excluding hydrogens is 357 g/mol. The first-order chi connectivity index (χ1) is 11.1. The van der Waals surface area contributed by atoms with Crippen LogP contribution in [0.1, 0.15) is 25.0 Å². The molecule has 130 valence electrons. The minimum atomic E-state index is -1.53. The maximum Gasteiger partial charge on any atom is 0.345 e. The summed E-state index contributed by atoms with van der Waals surface area (Å²) in [4.78, 5) is 36.4. The summed E-state index contributed by atoms with van der Waals surface area (Å²) < 4.78 is 5.04. The molecule has 1 N–H and O–H groups in total. The molecule has 1 amide bonds. The molecule has 0 fully saturated rings. The Bertz CT molecular complexity index is 725. The molecule has 0 unspecified atom stereocenters. The van der Waals surface area contributed by atoms with E-state index in [1.54, 1.807) is 0 Å². The molecule has 0 saturated carbocycles. The molecule has 0 aliphatic carbocycles. The van der Waals surface area contributed by atoms with Gasteiger partial charge in [-0.3, -0.25) is 9.59 Å². The topological polar surface area (TPSA) is 83.9 Å². The fourth-order valence-corrected chi connectivity index (χ4v) is 2.71. The highest BCUT2D eigenvalue weighted by Gasteiger charge is 2.29. The monoisotopic (exact) mass is 373 g/mol. The van der Waals surface area contributed by atoms with Gasteiger partial charge in [0.2, 0.25) is 0 Å². The smallest absolute Gasteiger partial charge is 0.345 e. The van der Waals surface area contributed by atoms with Gasteiger partial charge in [-0.15, -0.1) is 0 Å². The van der Waals surface area contributed by atoms with Crippen LogP contribution in [0, 0.1) is 0 Å². The van der Waals surface area contributed by atoms with E-state index in [0.29, 0.717) is 17.0 Å². The van der Waals surface area contributed by atoms with E-state index >= 15 is 0 Å². The van der Waals surface area contributed by atoms with Gasteiger partial charge >= 0.3 is 11.9 Å². The number of hydrogen-bond donors (Lipinski definition) is 1. The van der Waals surface area contributed by atoms with Crippen molar-refractivity contribution in [2.45, 2.75) is 20.3 Å². The number of carboxylic acid groups (broad SMARTS) is 1. The zero-order valence-corrected chi connectivity index (χ0v) is 15.2. The Morgan fingerprint density at radius 2 is 1.79 bits per heavy atom. The Kier molecular flexibility index (Phi) is 6.81. The van der Waals surface area contributed by atoms with Crippen LogP contribution in [0.4, 0.5) is 0 Å². The largest absolute Gasteiger partial charge is 0.477 e. The van der Waals surface area contributed by atoms with E-state index in [-0.39, 0.29) is 10.6 Å². The van der Waals surface area contributed by atoms with Gasteiger partial charge in [0.05, 0.1) is 5.02 Å². The number of benzene rings is 1. The highest BCUT2D eigenvalue weighted by molar-refractivity contribution is 6.37. The van der Waals surface area contributed by atoms with Crippen LogP contribution < -0.4 is 0 Å². The number of nitrogens with zero attached hydrogens (tertiary/aromatic N) is 1. The number of aliphatic carboxylic acids is 1. The van der Waals surface area contributed by atoms with E-state index in [9.17, 15) is 19.5 Å². The number of likely N-dealkylation sites (N-methyl/N-ethyl adjacent to an activating group) is 1. The van der Waals surface area contributed by atoms with Crippen LogP contribution in [0.2, 0.25) is 10.0 Å². The second-order valence-corrected chi connectivity index (χ2v) is 5.83. The van der Waals surface area contributed by atoms with Gasteiger partial charge < -0.3 is 14.7 Å². The molecule has 0 atom stereocenters. The molecule has 8 heteroatoms. The van der Waals surface area contributed by atoms with Crippen molar-refractivity contribution in [3.63, 3.8) is 0 Å². The van der Waals surface area contributed by atoms with E-state index in [2.05, 4.69) is 0 Å². The molecule has 0 spiro atoms. The Morgan fingerprint density at radius 3 is 2.21 bits per heavy atom. The van der Waals surface area contributed by atoms with E-state index in [1.165, 1.54) is 26.2 Å². The zero-order chi connectivity index (χ0) is 18.6. The van der Waals surface area contributed by atoms with E-state index in [4.69, 9.17) is 27.9 Å². The van der Waals surface area contributed by atoms with Gasteiger partial charge in [-0.05, 0) is 24.1 Å². The van der Waals surface area contributed by atoms with Crippen LogP contribution in [0.5, 0.6) is 0 Å². The minimum Gasteiger partial charge on any atom is -0.477 e. The van der Waals surface area contributed by atoms with Gasteiger partial charge in [-0.1, -0.05) is 30.1 Å². The van der Waals surface area contributed by atoms with Crippen LogP contribution in [-0.4, -0.2) is 41.9 Å². The Balaban J connectivity index is 3.81. The number of amides is 1. The summed E-state index contributed by atoms with van der Waals surface area (Å²) in [6.07, 6.45) is 0.475. The third-order valence-corrected chi connectivity index (χ3v) is 3.88. The molecule has 1 aromatic carbocycles. The van der Waals surface area contributed by atoms with Gasteiger partial charge in [0.25, 0.3) is 5.91 Å². The number of rotatable bonds is 5. The number of halogens is 2. The third kappa shape index (κ3) is 4.27. The first-order valence-electron chi connectivity index (χ1n) is 6.96. The molecule has 6 nitrogen and oxygen atoms in total. The Morgan fingerprint density at radius 1 is 1.21 bits per heavy atom. The number of carbonyl (C=O) groups is 3. The molecule has 1 rings (SSSR count). The third-order valence-electron chi connectivity index (χ3n) is 3.09. The first kappa shape index (κ1) is 20.0. The summed E-state index contributed by atoms with van der Waals surface area (Å²) in [5.41, 5.74) is -0.0234. The Hall–Kier alpha value is -2.05. The number of carboxylic acids is 1. The van der Waals surface area contributed by atoms with Crippen molar-refractivity contribution in [1.29, 1.82) is 0 Å². The minimum absolute atomic E-state index is 0.112. The molecular formula is C16H17Cl2NO5. The summed E-state index contributed by atoms with van der Waals surface area (Å²) in [6.45, 7) is 2.92. The highest BCUT2D eigenvalue weighted by Crippen LogP contribution is 2.35. The van der Waals surface area contributed by atoms with Crippen LogP contribution in [0.3, 0.4) is 0 Å². The lowest BCUT2D eigenvalue weighted by molar-refractivity contribution is -0.137. The van der Waals surface area contributed by atoms with Crippen molar-refractivity contribution in [3.8, 4) is 0 Å². The van der Waals surface area contributed by atoms with Crippen LogP contribution in [0.15, 0.2) is 17.7 Å². The number of esters is 1. The molecule has 1 aromatic rings. The van der Waals surface area contributed by atoms with Gasteiger partial charge in [-0.2, -0.15) is 0 Å². The second kappa shape index (κ2) is 8.17. The van der Waals surface area contributed by atoms with Gasteiger partial charge in [-0.25, -0.2) is 4.79 Å². The van der Waals surface area contributed by atoms with Crippen molar-refractivity contribution in [1.82, 2.24) is 4.90 Å². The quantitative estimate of drug-likeness (QED) is 0.282. The van der Waals surface area contributed by atoms with Crippen LogP contribution in [0.25, 0.3) is 5.76 Å².